The summed E-state index contributed by atoms with van der Waals surface area (Å²) in [5.41, 5.74) is -0.826. The first kappa shape index (κ1) is 64.4. The lowest BCUT2D eigenvalue weighted by Gasteiger charge is -2.36. The van der Waals surface area contributed by atoms with E-state index in [1.54, 1.807) is 0 Å². The van der Waals surface area contributed by atoms with Crippen LogP contribution in [0.3, 0.4) is 0 Å². The second kappa shape index (κ2) is 35.5. The zero-order chi connectivity index (χ0) is 51.3. The maximum Gasteiger partial charge on any atom is 0.279 e. The van der Waals surface area contributed by atoms with Crippen LogP contribution < -0.4 is 31.9 Å². The number of hydrogen-bond donors (Lipinski definition) is 7. The van der Waals surface area contributed by atoms with E-state index in [1.165, 1.54) is 70.6 Å². The van der Waals surface area contributed by atoms with E-state index in [4.69, 9.17) is 0 Å². The molecule has 6 atom stereocenters. The molecule has 6 N–H and O–H groups in total. The van der Waals surface area contributed by atoms with Gasteiger partial charge in [-0.1, -0.05) is 96.3 Å². The molecule has 400 valence electrons. The Bertz CT molecular complexity index is 1530. The third-order valence-corrected chi connectivity index (χ3v) is 18.4. The van der Waals surface area contributed by atoms with Crippen molar-refractivity contribution in [2.45, 2.75) is 182 Å². The van der Waals surface area contributed by atoms with Gasteiger partial charge in [-0.25, -0.2) is 0 Å². The van der Waals surface area contributed by atoms with Crippen LogP contribution in [0.5, 0.6) is 0 Å². The van der Waals surface area contributed by atoms with E-state index >= 15 is 0 Å². The van der Waals surface area contributed by atoms with Crippen LogP contribution in [0.1, 0.15) is 165 Å². The Morgan fingerprint density at radius 1 is 0.435 bits per heavy atom. The second-order valence-electron chi connectivity index (χ2n) is 21.7. The van der Waals surface area contributed by atoms with Crippen LogP contribution in [0.2, 0.25) is 0 Å². The molecule has 6 unspecified atom stereocenters. The van der Waals surface area contributed by atoms with Crippen molar-refractivity contribution in [2.24, 2.45) is 35.5 Å². The summed E-state index contributed by atoms with van der Waals surface area (Å²) in [6, 6.07) is 0. The van der Waals surface area contributed by atoms with Gasteiger partial charge in [-0.05, 0) is 175 Å². The summed E-state index contributed by atoms with van der Waals surface area (Å²) in [5, 5.41) is 18.4. The zero-order valence-corrected chi connectivity index (χ0v) is 49.5. The van der Waals surface area contributed by atoms with E-state index in [9.17, 15) is 28.8 Å². The van der Waals surface area contributed by atoms with Crippen molar-refractivity contribution >= 4 is 115 Å². The van der Waals surface area contributed by atoms with Crippen molar-refractivity contribution in [1.82, 2.24) is 31.9 Å². The van der Waals surface area contributed by atoms with E-state index in [0.717, 1.165) is 137 Å². The van der Waals surface area contributed by atoms with Gasteiger partial charge in [-0.3, -0.25) is 28.8 Å². The topological polar surface area (TPSA) is 175 Å². The molecular weight excluding hydrogens is 1010 g/mol. The average molecular weight is 1100 g/mol. The van der Waals surface area contributed by atoms with Crippen LogP contribution in [0.15, 0.2) is 0 Å². The molecule has 19 heteroatoms. The Hall–Kier alpha value is -0.730. The fourth-order valence-corrected chi connectivity index (χ4v) is 14.5. The third kappa shape index (κ3) is 32.9. The fourth-order valence-electron chi connectivity index (χ4n) is 9.01. The molecule has 2 aliphatic rings. The highest BCUT2D eigenvalue weighted by atomic mass is 32.2. The maximum absolute atomic E-state index is 12.8. The third-order valence-electron chi connectivity index (χ3n) is 12.7. The van der Waals surface area contributed by atoms with Gasteiger partial charge in [0.15, 0.2) is 0 Å². The van der Waals surface area contributed by atoms with E-state index in [1.807, 2.05) is 62.3 Å². The molecule has 0 aromatic rings. The number of carbonyl (C=O) groups is 6. The number of unbranched alkanes of at least 4 members (excludes halogenated alkanes) is 3. The predicted octanol–water partition coefficient (Wildman–Crippen LogP) is 13.9. The average Bonchev–Trinajstić information content (AvgIpc) is 3.24. The molecule has 12 nitrogen and oxygen atoms in total. The number of rotatable bonds is 28. The summed E-state index contributed by atoms with van der Waals surface area (Å²) in [7, 11) is 0. The van der Waals surface area contributed by atoms with Gasteiger partial charge in [-0.15, -0.1) is 0 Å². The Morgan fingerprint density at radius 2 is 0.768 bits per heavy atom. The maximum atomic E-state index is 12.8. The van der Waals surface area contributed by atoms with Crippen molar-refractivity contribution in [3.8, 4) is 0 Å². The van der Waals surface area contributed by atoms with Crippen molar-refractivity contribution in [2.75, 3.05) is 59.9 Å². The minimum atomic E-state index is -0.330. The molecule has 0 saturated heterocycles. The molecule has 2 fully saturated rings. The van der Waals surface area contributed by atoms with Crippen LogP contribution in [-0.2, 0) is 0 Å². The zero-order valence-electron chi connectivity index (χ0n) is 43.7. The summed E-state index contributed by atoms with van der Waals surface area (Å²) in [5.74, 6) is 8.54. The van der Waals surface area contributed by atoms with Gasteiger partial charge >= 0.3 is 0 Å². The van der Waals surface area contributed by atoms with E-state index in [0.29, 0.717) is 60.9 Å². The minimum absolute atomic E-state index is 0.00590. The Labute approximate surface area is 449 Å². The standard InChI is InChI=1S/C50H92N6O6S7/c1-10-51-42(57)64-27-19-36-15-17-38(21-29-68-45(60)54-48(2,3)4)40(33-36)23-31-65-43(58)52-25-13-11-12-14-26-53-44(59)66-32-24-41-34-37(20-28-67-47(62)56-50(8,9)35-63)16-18-39(41)22-30-69-46(61)55-49(5,6)7/h36-41,63H,10-35H2,1-9H3,(H,51,57)(H,52,58)(H,53,59)(H,54,60)(H,55,61)(H,56,62). The van der Waals surface area contributed by atoms with E-state index in [2.05, 4.69) is 44.5 Å². The number of thioether (sulfide) groups is 6. The molecule has 0 spiro atoms. The molecule has 0 aromatic carbocycles. The summed E-state index contributed by atoms with van der Waals surface area (Å²) >= 11 is 12.6. The molecule has 2 rings (SSSR count). The normalized spacial score (nSPS) is 21.0. The van der Waals surface area contributed by atoms with Gasteiger partial charge in [0.05, 0.1) is 0 Å². The quantitative estimate of drug-likeness (QED) is 0.0292. The predicted molar refractivity (Wildman–Crippen MR) is 308 cm³/mol. The van der Waals surface area contributed by atoms with Gasteiger partial charge in [0.1, 0.15) is 0 Å². The molecule has 6 amide bonds. The molecule has 0 aliphatic heterocycles. The first-order valence-corrected chi connectivity index (χ1v) is 32.3. The van der Waals surface area contributed by atoms with Crippen LogP contribution >= 0.6 is 83.2 Å². The number of hydrogen-bond acceptors (Lipinski definition) is 13. The van der Waals surface area contributed by atoms with Gasteiger partial charge in [0.2, 0.25) is 0 Å². The summed E-state index contributed by atoms with van der Waals surface area (Å²) < 4.78 is 0. The molecule has 2 saturated carbocycles. The molecule has 0 radical (unpaired) electrons. The van der Waals surface area contributed by atoms with Crippen LogP contribution in [0, 0.1) is 35.5 Å². The monoisotopic (exact) mass is 1100 g/mol. The Morgan fingerprint density at radius 3 is 1.13 bits per heavy atom. The molecule has 0 aromatic heterocycles. The molecule has 0 heterocycles. The highest BCUT2D eigenvalue weighted by molar-refractivity contribution is 8.14. The lowest BCUT2D eigenvalue weighted by molar-refractivity contribution is 0.169. The van der Waals surface area contributed by atoms with Gasteiger partial charge in [-0.2, -0.15) is 12.6 Å². The molecular formula is C50H92N6O6S7. The van der Waals surface area contributed by atoms with E-state index in [-0.39, 0.29) is 48.1 Å². The second-order valence-corrected chi connectivity index (χ2v) is 28.4. The molecule has 2 aliphatic carbocycles. The summed E-state index contributed by atoms with van der Waals surface area (Å²) in [4.78, 5) is 75.0. The highest BCUT2D eigenvalue weighted by Gasteiger charge is 2.32. The van der Waals surface area contributed by atoms with Crippen molar-refractivity contribution in [3.63, 3.8) is 0 Å². The van der Waals surface area contributed by atoms with E-state index < -0.39 is 0 Å². The van der Waals surface area contributed by atoms with Crippen molar-refractivity contribution < 1.29 is 28.8 Å². The lowest BCUT2D eigenvalue weighted by atomic mass is 9.71. The van der Waals surface area contributed by atoms with Gasteiger partial charge in [0.25, 0.3) is 31.4 Å². The van der Waals surface area contributed by atoms with Crippen molar-refractivity contribution in [3.05, 3.63) is 0 Å². The fraction of sp³-hybridized carbons (Fsp3) is 0.880. The van der Waals surface area contributed by atoms with Crippen LogP contribution in [-0.4, -0.2) is 108 Å². The highest BCUT2D eigenvalue weighted by Crippen LogP contribution is 2.42. The first-order chi connectivity index (χ1) is 32.6. The Kier molecular flexibility index (Phi) is 33.1. The summed E-state index contributed by atoms with van der Waals surface area (Å²) in [6.07, 6.45) is 16.5. The van der Waals surface area contributed by atoms with Crippen LogP contribution in [0.25, 0.3) is 0 Å². The number of carbonyl (C=O) groups excluding carboxylic acids is 6. The number of amides is 6. The van der Waals surface area contributed by atoms with Gasteiger partial charge in [0, 0.05) is 76.5 Å². The number of nitrogens with one attached hydrogen (secondary N) is 6. The SMILES string of the molecule is CCNC(=O)SCCC1CCC(CCSC(=O)NC(C)(C)C)C(CCSC(=O)NCCCCCCNC(=O)SCCC2CC(CCSC(=O)NC(C)(C)CS)CCC2CCSC(=O)NC(C)(C)C)C1. The minimum Gasteiger partial charge on any atom is -0.347 e. The number of thiol groups is 1. The van der Waals surface area contributed by atoms with Gasteiger partial charge < -0.3 is 31.9 Å². The molecule has 0 bridgehead atoms. The van der Waals surface area contributed by atoms with Crippen LogP contribution in [0.4, 0.5) is 28.8 Å². The van der Waals surface area contributed by atoms with Crippen molar-refractivity contribution in [1.29, 1.82) is 0 Å². The lowest BCUT2D eigenvalue weighted by Crippen LogP contribution is -2.43. The molecule has 69 heavy (non-hydrogen) atoms. The Balaban J connectivity index is 1.69. The summed E-state index contributed by atoms with van der Waals surface area (Å²) in [6.45, 7) is 19.8. The smallest absolute Gasteiger partial charge is 0.279 e. The largest absolute Gasteiger partial charge is 0.347 e. The first-order valence-electron chi connectivity index (χ1n) is 25.8.